The zero-order valence-corrected chi connectivity index (χ0v) is 12.8. The first-order valence-electron chi connectivity index (χ1n) is 7.45. The van der Waals surface area contributed by atoms with Crippen LogP contribution in [0.5, 0.6) is 0 Å². The molecule has 2 aliphatic heterocycles. The van der Waals surface area contributed by atoms with Gasteiger partial charge in [-0.3, -0.25) is 9.59 Å². The molecule has 2 heterocycles. The number of hydrogen-bond donors (Lipinski definition) is 1. The van der Waals surface area contributed by atoms with Crippen LogP contribution in [0.15, 0.2) is 0 Å². The van der Waals surface area contributed by atoms with Crippen molar-refractivity contribution < 1.29 is 19.1 Å². The van der Waals surface area contributed by atoms with Gasteiger partial charge in [0.15, 0.2) is 0 Å². The summed E-state index contributed by atoms with van der Waals surface area (Å²) in [6.45, 7) is 7.68. The summed E-state index contributed by atoms with van der Waals surface area (Å²) < 4.78 is 10.8. The average Bonchev–Trinajstić information content (AvgIpc) is 2.88. The zero-order chi connectivity index (χ0) is 14.9. The number of rotatable bonds is 4. The van der Waals surface area contributed by atoms with Crippen molar-refractivity contribution >= 4 is 11.9 Å². The number of esters is 1. The molecule has 20 heavy (non-hydrogen) atoms. The third-order valence-corrected chi connectivity index (χ3v) is 4.08. The van der Waals surface area contributed by atoms with Gasteiger partial charge in [-0.15, -0.1) is 0 Å². The van der Waals surface area contributed by atoms with Crippen LogP contribution in [0.1, 0.15) is 47.0 Å². The van der Waals surface area contributed by atoms with Crippen molar-refractivity contribution in [1.29, 1.82) is 0 Å². The molecule has 1 N–H and O–H groups in total. The van der Waals surface area contributed by atoms with E-state index in [1.165, 1.54) is 0 Å². The Morgan fingerprint density at radius 1 is 1.35 bits per heavy atom. The second-order valence-electron chi connectivity index (χ2n) is 6.78. The third kappa shape index (κ3) is 3.14. The lowest BCUT2D eigenvalue weighted by Crippen LogP contribution is -2.49. The molecule has 4 atom stereocenters. The largest absolute Gasteiger partial charge is 0.465 e. The van der Waals surface area contributed by atoms with Crippen molar-refractivity contribution in [3.8, 4) is 0 Å². The van der Waals surface area contributed by atoms with Crippen molar-refractivity contribution in [1.82, 2.24) is 5.32 Å². The van der Waals surface area contributed by atoms with Crippen LogP contribution < -0.4 is 5.32 Å². The molecule has 5 heteroatoms. The van der Waals surface area contributed by atoms with E-state index in [1.54, 1.807) is 6.92 Å². The summed E-state index contributed by atoms with van der Waals surface area (Å²) in [7, 11) is 0. The number of hydrogen-bond acceptors (Lipinski definition) is 4. The molecule has 0 aromatic rings. The molecule has 0 aliphatic carbocycles. The Hall–Kier alpha value is -1.10. The van der Waals surface area contributed by atoms with Crippen molar-refractivity contribution in [2.45, 2.75) is 65.2 Å². The average molecular weight is 283 g/mol. The molecule has 2 bridgehead atoms. The zero-order valence-electron chi connectivity index (χ0n) is 12.8. The minimum absolute atomic E-state index is 0.0422. The molecule has 0 saturated carbocycles. The van der Waals surface area contributed by atoms with Crippen molar-refractivity contribution in [2.24, 2.45) is 11.3 Å². The summed E-state index contributed by atoms with van der Waals surface area (Å²) in [5.74, 6) is -1.46. The smallest absolute Gasteiger partial charge is 0.319 e. The summed E-state index contributed by atoms with van der Waals surface area (Å²) in [6.07, 6.45) is 3.33. The van der Waals surface area contributed by atoms with Crippen LogP contribution in [-0.2, 0) is 19.1 Å². The predicted molar refractivity (Wildman–Crippen MR) is 74.0 cm³/mol. The summed E-state index contributed by atoms with van der Waals surface area (Å²) in [5.41, 5.74) is -0.463. The van der Waals surface area contributed by atoms with E-state index in [2.05, 4.69) is 5.32 Å². The van der Waals surface area contributed by atoms with Crippen molar-refractivity contribution in [2.75, 3.05) is 6.61 Å². The standard InChI is InChI=1S/C15H25NO4/c1-5-19-14(18)12(15(2,3)4)13(17)16-10-8-9-6-7-11(10)20-9/h9-12H,5-8H2,1-4H3,(H,16,17). The molecule has 2 rings (SSSR count). The Morgan fingerprint density at radius 3 is 2.50 bits per heavy atom. The molecule has 0 radical (unpaired) electrons. The quantitative estimate of drug-likeness (QED) is 0.629. The van der Waals surface area contributed by atoms with Gasteiger partial charge >= 0.3 is 5.97 Å². The fraction of sp³-hybridized carbons (Fsp3) is 0.867. The summed E-state index contributed by atoms with van der Waals surface area (Å²) in [5, 5.41) is 2.99. The Balaban J connectivity index is 2.01. The second-order valence-corrected chi connectivity index (χ2v) is 6.78. The lowest BCUT2D eigenvalue weighted by Gasteiger charge is -2.30. The van der Waals surface area contributed by atoms with Crippen LogP contribution in [0.2, 0.25) is 0 Å². The number of ether oxygens (including phenoxy) is 2. The molecule has 2 saturated heterocycles. The van der Waals surface area contributed by atoms with E-state index in [9.17, 15) is 9.59 Å². The van der Waals surface area contributed by atoms with Gasteiger partial charge in [-0.05, 0) is 31.6 Å². The van der Waals surface area contributed by atoms with E-state index < -0.39 is 17.3 Å². The van der Waals surface area contributed by atoms with E-state index in [0.29, 0.717) is 0 Å². The first-order valence-corrected chi connectivity index (χ1v) is 7.45. The van der Waals surface area contributed by atoms with Gasteiger partial charge in [0.2, 0.25) is 5.91 Å². The van der Waals surface area contributed by atoms with Crippen LogP contribution in [0.4, 0.5) is 0 Å². The molecule has 5 nitrogen and oxygen atoms in total. The molecule has 2 aliphatic rings. The fourth-order valence-electron chi connectivity index (χ4n) is 3.14. The number of nitrogens with one attached hydrogen (secondary N) is 1. The van der Waals surface area contributed by atoms with Gasteiger partial charge in [-0.2, -0.15) is 0 Å². The van der Waals surface area contributed by atoms with Crippen LogP contribution in [0.25, 0.3) is 0 Å². The maximum Gasteiger partial charge on any atom is 0.319 e. The van der Waals surface area contributed by atoms with E-state index >= 15 is 0 Å². The second kappa shape index (κ2) is 5.72. The van der Waals surface area contributed by atoms with Crippen LogP contribution in [0.3, 0.4) is 0 Å². The summed E-state index contributed by atoms with van der Waals surface area (Å²) in [4.78, 5) is 24.5. The highest BCUT2D eigenvalue weighted by Gasteiger charge is 2.45. The first-order chi connectivity index (χ1) is 9.32. The number of amides is 1. The van der Waals surface area contributed by atoms with Crippen molar-refractivity contribution in [3.05, 3.63) is 0 Å². The van der Waals surface area contributed by atoms with E-state index in [0.717, 1.165) is 19.3 Å². The topological polar surface area (TPSA) is 64.6 Å². The molecular formula is C15H25NO4. The maximum atomic E-state index is 12.5. The van der Waals surface area contributed by atoms with Gasteiger partial charge in [0.1, 0.15) is 5.92 Å². The molecule has 114 valence electrons. The molecule has 0 aromatic carbocycles. The lowest BCUT2D eigenvalue weighted by atomic mass is 9.79. The van der Waals surface area contributed by atoms with E-state index in [1.807, 2.05) is 20.8 Å². The lowest BCUT2D eigenvalue weighted by molar-refractivity contribution is -0.157. The number of fused-ring (bicyclic) bond motifs is 2. The molecule has 0 spiro atoms. The predicted octanol–water partition coefficient (Wildman–Crippen LogP) is 1.65. The maximum absolute atomic E-state index is 12.5. The SMILES string of the molecule is CCOC(=O)C(C(=O)NC1CC2CCC1O2)C(C)(C)C. The Morgan fingerprint density at radius 2 is 2.05 bits per heavy atom. The Labute approximate surface area is 120 Å². The molecule has 1 amide bonds. The molecule has 2 fully saturated rings. The molecule has 4 unspecified atom stereocenters. The number of carbonyl (C=O) groups excluding carboxylic acids is 2. The van der Waals surface area contributed by atoms with Crippen molar-refractivity contribution in [3.63, 3.8) is 0 Å². The van der Waals surface area contributed by atoms with Gasteiger partial charge in [0.25, 0.3) is 0 Å². The Kier molecular flexibility index (Phi) is 4.37. The number of carbonyl (C=O) groups is 2. The normalized spacial score (nSPS) is 30.1. The van der Waals surface area contributed by atoms with Gasteiger partial charge in [-0.25, -0.2) is 0 Å². The minimum atomic E-state index is -0.776. The highest BCUT2D eigenvalue weighted by molar-refractivity contribution is 5.98. The van der Waals surface area contributed by atoms with Crippen LogP contribution in [0, 0.1) is 11.3 Å². The third-order valence-electron chi connectivity index (χ3n) is 4.08. The monoisotopic (exact) mass is 283 g/mol. The summed E-state index contributed by atoms with van der Waals surface area (Å²) in [6, 6.07) is 0.0422. The van der Waals surface area contributed by atoms with Crippen LogP contribution >= 0.6 is 0 Å². The van der Waals surface area contributed by atoms with Gasteiger partial charge in [0, 0.05) is 0 Å². The Bertz CT molecular complexity index is 388. The highest BCUT2D eigenvalue weighted by Crippen LogP contribution is 2.35. The fourth-order valence-corrected chi connectivity index (χ4v) is 3.14. The molecular weight excluding hydrogens is 258 g/mol. The van der Waals surface area contributed by atoms with Gasteiger partial charge in [0.05, 0.1) is 24.9 Å². The van der Waals surface area contributed by atoms with Gasteiger partial charge < -0.3 is 14.8 Å². The minimum Gasteiger partial charge on any atom is -0.465 e. The summed E-state index contributed by atoms with van der Waals surface area (Å²) >= 11 is 0. The highest BCUT2D eigenvalue weighted by atomic mass is 16.5. The molecule has 0 aromatic heterocycles. The van der Waals surface area contributed by atoms with E-state index in [4.69, 9.17) is 9.47 Å². The van der Waals surface area contributed by atoms with Gasteiger partial charge in [-0.1, -0.05) is 20.8 Å². The first kappa shape index (κ1) is 15.3. The van der Waals surface area contributed by atoms with E-state index in [-0.39, 0.29) is 30.8 Å². The van der Waals surface area contributed by atoms with Crippen LogP contribution in [-0.4, -0.2) is 36.7 Å².